The Morgan fingerprint density at radius 3 is 2.73 bits per heavy atom. The highest BCUT2D eigenvalue weighted by molar-refractivity contribution is 5.22. The predicted molar refractivity (Wildman–Crippen MR) is 110 cm³/mol. The highest BCUT2D eigenvalue weighted by Gasteiger charge is 2.37. The van der Waals surface area contributed by atoms with Crippen molar-refractivity contribution in [2.75, 3.05) is 26.2 Å². The second-order valence-corrected chi connectivity index (χ2v) is 9.37. The number of hydrogen-bond acceptors (Lipinski definition) is 4. The maximum Gasteiger partial charge on any atom is 0.260 e. The Hall–Kier alpha value is -1.99. The number of alkyl halides is 2. The first-order valence-electron chi connectivity index (χ1n) is 11.0. The molecule has 0 N–H and O–H groups in total. The number of likely N-dealkylation sites (tertiary alicyclic amines) is 2. The summed E-state index contributed by atoms with van der Waals surface area (Å²) >= 11 is 0. The van der Waals surface area contributed by atoms with E-state index in [1.165, 1.54) is 0 Å². The van der Waals surface area contributed by atoms with E-state index < -0.39 is 5.92 Å². The molecule has 5 nitrogen and oxygen atoms in total. The van der Waals surface area contributed by atoms with Gasteiger partial charge in [0.05, 0.1) is 13.1 Å². The highest BCUT2D eigenvalue weighted by Crippen LogP contribution is 2.36. The summed E-state index contributed by atoms with van der Waals surface area (Å²) in [5, 5.41) is 0. The molecule has 2 atom stereocenters. The Labute approximate surface area is 175 Å². The van der Waals surface area contributed by atoms with Crippen LogP contribution in [-0.4, -0.2) is 46.5 Å². The van der Waals surface area contributed by atoms with Crippen molar-refractivity contribution in [3.05, 3.63) is 57.4 Å². The molecule has 0 aromatic carbocycles. The van der Waals surface area contributed by atoms with Crippen LogP contribution < -0.4 is 5.56 Å². The summed E-state index contributed by atoms with van der Waals surface area (Å²) in [5.74, 6) is 0.0289. The third-order valence-electron chi connectivity index (χ3n) is 6.80. The topological polar surface area (TPSA) is 41.6 Å². The molecular formula is C23H29F2N3O2. The normalized spacial score (nSPS) is 26.5. The van der Waals surface area contributed by atoms with Crippen LogP contribution in [0.4, 0.5) is 8.78 Å². The van der Waals surface area contributed by atoms with Crippen molar-refractivity contribution >= 4 is 0 Å². The average molecular weight is 418 g/mol. The smallest absolute Gasteiger partial charge is 0.260 e. The molecule has 0 aliphatic carbocycles. The van der Waals surface area contributed by atoms with Gasteiger partial charge >= 0.3 is 0 Å². The van der Waals surface area contributed by atoms with Crippen LogP contribution in [0.1, 0.15) is 48.0 Å². The summed E-state index contributed by atoms with van der Waals surface area (Å²) in [6.45, 7) is 6.02. The van der Waals surface area contributed by atoms with Gasteiger partial charge in [0.1, 0.15) is 11.5 Å². The van der Waals surface area contributed by atoms with E-state index in [0.29, 0.717) is 43.5 Å². The zero-order chi connectivity index (χ0) is 20.9. The third-order valence-corrected chi connectivity index (χ3v) is 6.80. The van der Waals surface area contributed by atoms with E-state index in [0.717, 1.165) is 43.3 Å². The van der Waals surface area contributed by atoms with Crippen LogP contribution in [-0.2, 0) is 19.6 Å². The lowest BCUT2D eigenvalue weighted by Gasteiger charge is -2.42. The number of aryl methyl sites for hydroxylation is 1. The molecular weight excluding hydrogens is 388 g/mol. The monoisotopic (exact) mass is 417 g/mol. The van der Waals surface area contributed by atoms with Gasteiger partial charge in [0, 0.05) is 49.8 Å². The Balaban J connectivity index is 1.33. The molecule has 3 aliphatic heterocycles. The van der Waals surface area contributed by atoms with E-state index in [4.69, 9.17) is 4.42 Å². The first-order chi connectivity index (χ1) is 14.4. The van der Waals surface area contributed by atoms with E-state index >= 15 is 0 Å². The van der Waals surface area contributed by atoms with Gasteiger partial charge in [-0.25, -0.2) is 8.78 Å². The van der Waals surface area contributed by atoms with Crippen LogP contribution in [0.2, 0.25) is 0 Å². The minimum Gasteiger partial charge on any atom is -0.465 e. The molecule has 5 heterocycles. The molecule has 2 bridgehead atoms. The van der Waals surface area contributed by atoms with E-state index in [1.54, 1.807) is 4.90 Å². The van der Waals surface area contributed by atoms with E-state index in [9.17, 15) is 13.6 Å². The van der Waals surface area contributed by atoms with Crippen LogP contribution in [0.15, 0.2) is 33.5 Å². The first kappa shape index (κ1) is 19.9. The van der Waals surface area contributed by atoms with Gasteiger partial charge in [0.2, 0.25) is 0 Å². The number of rotatable bonds is 4. The molecule has 2 fully saturated rings. The molecule has 0 amide bonds. The maximum atomic E-state index is 13.7. The fraction of sp³-hybridized carbons (Fsp3) is 0.609. The summed E-state index contributed by atoms with van der Waals surface area (Å²) in [5.41, 5.74) is 1.73. The Kier molecular flexibility index (Phi) is 5.06. The van der Waals surface area contributed by atoms with Gasteiger partial charge in [-0.1, -0.05) is 6.07 Å². The molecule has 3 aliphatic rings. The molecule has 0 radical (unpaired) electrons. The fourth-order valence-electron chi connectivity index (χ4n) is 5.55. The number of aromatic nitrogens is 1. The molecule has 7 heteroatoms. The van der Waals surface area contributed by atoms with Gasteiger partial charge in [0.25, 0.3) is 11.5 Å². The van der Waals surface area contributed by atoms with Crippen LogP contribution in [0.25, 0.3) is 0 Å². The summed E-state index contributed by atoms with van der Waals surface area (Å²) in [7, 11) is 0. The van der Waals surface area contributed by atoms with Gasteiger partial charge in [-0.2, -0.15) is 0 Å². The van der Waals surface area contributed by atoms with Crippen molar-refractivity contribution in [2.24, 2.45) is 5.92 Å². The molecule has 0 saturated carbocycles. The van der Waals surface area contributed by atoms with Crippen molar-refractivity contribution in [1.82, 2.24) is 14.4 Å². The van der Waals surface area contributed by atoms with Crippen molar-refractivity contribution in [3.8, 4) is 0 Å². The van der Waals surface area contributed by atoms with Crippen molar-refractivity contribution in [3.63, 3.8) is 0 Å². The molecule has 2 aromatic rings. The zero-order valence-corrected chi connectivity index (χ0v) is 17.4. The number of piperidine rings is 2. The molecule has 2 saturated heterocycles. The van der Waals surface area contributed by atoms with Gasteiger partial charge in [-0.3, -0.25) is 14.6 Å². The zero-order valence-electron chi connectivity index (χ0n) is 17.4. The molecule has 162 valence electrons. The molecule has 2 aromatic heterocycles. The highest BCUT2D eigenvalue weighted by atomic mass is 19.3. The average Bonchev–Trinajstić information content (AvgIpc) is 3.08. The van der Waals surface area contributed by atoms with E-state index in [1.807, 2.05) is 29.7 Å². The van der Waals surface area contributed by atoms with Crippen molar-refractivity contribution in [2.45, 2.75) is 57.7 Å². The van der Waals surface area contributed by atoms with Crippen molar-refractivity contribution in [1.29, 1.82) is 0 Å². The maximum absolute atomic E-state index is 13.7. The second-order valence-electron chi connectivity index (χ2n) is 9.37. The minimum absolute atomic E-state index is 0.00574. The number of nitrogens with zero attached hydrogens (tertiary/aromatic N) is 3. The van der Waals surface area contributed by atoms with Gasteiger partial charge in [-0.15, -0.1) is 0 Å². The molecule has 30 heavy (non-hydrogen) atoms. The lowest BCUT2D eigenvalue weighted by molar-refractivity contribution is -0.0662. The number of furan rings is 1. The Morgan fingerprint density at radius 1 is 1.10 bits per heavy atom. The standard InChI is InChI=1S/C23H29F2N3O2/c1-16-3-5-20(30-16)14-27-10-17-9-19(13-27)21-6-4-18(22(29)28(21)11-17)12-26-8-2-7-23(24,25)15-26/h3-6,17,19H,2,7-15H2,1H3/t17-,19+/m0/s1. The summed E-state index contributed by atoms with van der Waals surface area (Å²) in [4.78, 5) is 17.3. The lowest BCUT2D eigenvalue weighted by Crippen LogP contribution is -2.48. The van der Waals surface area contributed by atoms with Crippen molar-refractivity contribution < 1.29 is 13.2 Å². The Morgan fingerprint density at radius 2 is 1.97 bits per heavy atom. The van der Waals surface area contributed by atoms with Gasteiger partial charge in [0.15, 0.2) is 0 Å². The summed E-state index contributed by atoms with van der Waals surface area (Å²) < 4.78 is 35.2. The molecule has 5 rings (SSSR count). The number of halogens is 2. The molecule has 0 unspecified atom stereocenters. The van der Waals surface area contributed by atoms with Crippen LogP contribution in [0.5, 0.6) is 0 Å². The fourth-order valence-corrected chi connectivity index (χ4v) is 5.55. The first-order valence-corrected chi connectivity index (χ1v) is 11.0. The summed E-state index contributed by atoms with van der Waals surface area (Å²) in [6, 6.07) is 7.96. The number of fused-ring (bicyclic) bond motifs is 4. The van der Waals surface area contributed by atoms with Crippen LogP contribution >= 0.6 is 0 Å². The van der Waals surface area contributed by atoms with Gasteiger partial charge < -0.3 is 8.98 Å². The van der Waals surface area contributed by atoms with E-state index in [-0.39, 0.29) is 18.5 Å². The third kappa shape index (κ3) is 3.97. The van der Waals surface area contributed by atoms with Crippen LogP contribution in [0, 0.1) is 12.8 Å². The second kappa shape index (κ2) is 7.61. The van der Waals surface area contributed by atoms with E-state index in [2.05, 4.69) is 11.0 Å². The molecule has 0 spiro atoms. The van der Waals surface area contributed by atoms with Gasteiger partial charge in [-0.05, 0) is 50.4 Å². The van der Waals surface area contributed by atoms with Crippen LogP contribution in [0.3, 0.4) is 0 Å². The number of hydrogen-bond donors (Lipinski definition) is 0. The largest absolute Gasteiger partial charge is 0.465 e. The summed E-state index contributed by atoms with van der Waals surface area (Å²) in [6.07, 6.45) is 1.53. The minimum atomic E-state index is -2.64. The predicted octanol–water partition coefficient (Wildman–Crippen LogP) is 3.60. The lowest BCUT2D eigenvalue weighted by atomic mass is 9.83. The SMILES string of the molecule is Cc1ccc(CN2C[C@@H]3C[C@H](C2)c2ccc(CN4CCCC(F)(F)C4)c(=O)n2C3)o1. The number of pyridine rings is 1. The quantitative estimate of drug-likeness (QED) is 0.762. The Bertz CT molecular complexity index is 983.